The van der Waals surface area contributed by atoms with Crippen LogP contribution in [0, 0.1) is 16.6 Å². The first-order chi connectivity index (χ1) is 17.3. The molecule has 0 radical (unpaired) electrons. The third-order valence-corrected chi connectivity index (χ3v) is 6.53. The molecule has 2 aliphatic rings. The van der Waals surface area contributed by atoms with Crippen LogP contribution in [0.25, 0.3) is 5.57 Å². The molecule has 0 unspecified atom stereocenters. The molecule has 7 N–H and O–H groups in total. The van der Waals surface area contributed by atoms with Crippen LogP contribution in [0.15, 0.2) is 42.5 Å². The second kappa shape index (κ2) is 10.5. The highest BCUT2D eigenvalue weighted by Crippen LogP contribution is 2.33. The Labute approximate surface area is 209 Å². The van der Waals surface area contributed by atoms with Gasteiger partial charge in [0.25, 0.3) is 5.91 Å². The lowest BCUT2D eigenvalue weighted by Gasteiger charge is -2.36. The maximum atomic E-state index is 14.9. The fourth-order valence-corrected chi connectivity index (χ4v) is 4.46. The minimum absolute atomic E-state index is 0.0156. The van der Waals surface area contributed by atoms with Gasteiger partial charge in [-0.15, -0.1) is 0 Å². The predicted octanol–water partition coefficient (Wildman–Crippen LogP) is 2.08. The van der Waals surface area contributed by atoms with E-state index in [1.807, 2.05) is 17.0 Å². The number of nitrogens with zero attached hydrogens (tertiary/aromatic N) is 3. The number of amides is 1. The molecule has 2 aliphatic heterocycles. The average Bonchev–Trinajstić information content (AvgIpc) is 2.88. The van der Waals surface area contributed by atoms with E-state index in [-0.39, 0.29) is 17.5 Å². The zero-order chi connectivity index (χ0) is 25.8. The SMILES string of the molecule is COc1cc(NC(=O)c2ccc(N3CCN(C(=N)N)CC3)c(F)c2)ccc1C1=CCN(C(=N)N)CC1. The number of ether oxygens (including phenoxy) is 1. The summed E-state index contributed by atoms with van der Waals surface area (Å²) in [7, 11) is 1.57. The van der Waals surface area contributed by atoms with E-state index >= 15 is 0 Å². The van der Waals surface area contributed by atoms with Crippen molar-refractivity contribution < 1.29 is 13.9 Å². The molecule has 10 nitrogen and oxygen atoms in total. The van der Waals surface area contributed by atoms with E-state index in [9.17, 15) is 9.18 Å². The van der Waals surface area contributed by atoms with Gasteiger partial charge in [-0.3, -0.25) is 15.6 Å². The van der Waals surface area contributed by atoms with Crippen molar-refractivity contribution in [2.45, 2.75) is 6.42 Å². The summed E-state index contributed by atoms with van der Waals surface area (Å²) in [5, 5.41) is 17.9. The summed E-state index contributed by atoms with van der Waals surface area (Å²) in [6.45, 7) is 3.37. The number of methoxy groups -OCH3 is 1. The Morgan fingerprint density at radius 3 is 2.31 bits per heavy atom. The van der Waals surface area contributed by atoms with E-state index < -0.39 is 11.7 Å². The zero-order valence-electron chi connectivity index (χ0n) is 20.2. The third kappa shape index (κ3) is 5.35. The first kappa shape index (κ1) is 24.8. The largest absolute Gasteiger partial charge is 0.496 e. The monoisotopic (exact) mass is 494 g/mol. The normalized spacial score (nSPS) is 15.8. The summed E-state index contributed by atoms with van der Waals surface area (Å²) in [6.07, 6.45) is 2.74. The molecule has 1 amide bonds. The minimum atomic E-state index is -0.476. The van der Waals surface area contributed by atoms with Gasteiger partial charge in [0, 0.05) is 62.1 Å². The Morgan fingerprint density at radius 2 is 1.72 bits per heavy atom. The molecular formula is C25H31FN8O2. The number of hydrogen-bond acceptors (Lipinski definition) is 5. The maximum absolute atomic E-state index is 14.9. The second-order valence-corrected chi connectivity index (χ2v) is 8.71. The Bertz CT molecular complexity index is 1210. The number of guanidine groups is 2. The number of nitrogens with two attached hydrogens (primary N) is 2. The summed E-state index contributed by atoms with van der Waals surface area (Å²) in [5.41, 5.74) is 14.3. The maximum Gasteiger partial charge on any atom is 0.255 e. The number of hydrogen-bond donors (Lipinski definition) is 5. The first-order valence-corrected chi connectivity index (χ1v) is 11.7. The van der Waals surface area contributed by atoms with Crippen molar-refractivity contribution in [1.29, 1.82) is 10.8 Å². The lowest BCUT2D eigenvalue weighted by molar-refractivity contribution is 0.102. The molecule has 11 heteroatoms. The van der Waals surface area contributed by atoms with Crippen LogP contribution in [-0.4, -0.2) is 74.0 Å². The van der Waals surface area contributed by atoms with E-state index in [2.05, 4.69) is 5.32 Å². The Morgan fingerprint density at radius 1 is 1.00 bits per heavy atom. The van der Waals surface area contributed by atoms with Gasteiger partial charge in [0.1, 0.15) is 11.6 Å². The molecular weight excluding hydrogens is 463 g/mol. The smallest absolute Gasteiger partial charge is 0.255 e. The molecule has 0 spiro atoms. The topological polar surface area (TPSA) is 148 Å². The van der Waals surface area contributed by atoms with E-state index in [1.54, 1.807) is 41.2 Å². The minimum Gasteiger partial charge on any atom is -0.496 e. The molecule has 2 aromatic rings. The molecule has 1 saturated heterocycles. The fourth-order valence-electron chi connectivity index (χ4n) is 4.46. The first-order valence-electron chi connectivity index (χ1n) is 11.7. The van der Waals surface area contributed by atoms with Gasteiger partial charge in [-0.1, -0.05) is 6.08 Å². The van der Waals surface area contributed by atoms with E-state index in [1.165, 1.54) is 6.07 Å². The quantitative estimate of drug-likeness (QED) is 0.316. The Hall–Kier alpha value is -4.28. The van der Waals surface area contributed by atoms with Crippen molar-refractivity contribution in [1.82, 2.24) is 9.80 Å². The number of anilines is 2. The molecule has 1 fully saturated rings. The van der Waals surface area contributed by atoms with Gasteiger partial charge >= 0.3 is 0 Å². The molecule has 0 saturated carbocycles. The van der Waals surface area contributed by atoms with Crippen molar-refractivity contribution in [2.24, 2.45) is 11.5 Å². The molecule has 0 aliphatic carbocycles. The lowest BCUT2D eigenvalue weighted by atomic mass is 9.98. The van der Waals surface area contributed by atoms with Crippen molar-refractivity contribution in [2.75, 3.05) is 56.6 Å². The van der Waals surface area contributed by atoms with Gasteiger partial charge < -0.3 is 36.2 Å². The number of nitrogens with one attached hydrogen (secondary N) is 3. The highest BCUT2D eigenvalue weighted by atomic mass is 19.1. The van der Waals surface area contributed by atoms with Gasteiger partial charge in [0.2, 0.25) is 0 Å². The summed E-state index contributed by atoms with van der Waals surface area (Å²) in [5.74, 6) is -0.222. The molecule has 0 atom stereocenters. The van der Waals surface area contributed by atoms with Gasteiger partial charge in [-0.05, 0) is 42.3 Å². The van der Waals surface area contributed by atoms with Crippen LogP contribution in [-0.2, 0) is 0 Å². The molecule has 2 aromatic carbocycles. The van der Waals surface area contributed by atoms with Gasteiger partial charge in [-0.2, -0.15) is 0 Å². The van der Waals surface area contributed by atoms with Crippen molar-refractivity contribution >= 4 is 34.8 Å². The predicted molar refractivity (Wildman–Crippen MR) is 139 cm³/mol. The second-order valence-electron chi connectivity index (χ2n) is 8.71. The van der Waals surface area contributed by atoms with E-state index in [0.29, 0.717) is 56.4 Å². The molecule has 190 valence electrons. The van der Waals surface area contributed by atoms with E-state index in [0.717, 1.165) is 17.6 Å². The Kier molecular flexibility index (Phi) is 7.28. The van der Waals surface area contributed by atoms with E-state index in [4.69, 9.17) is 27.0 Å². The number of rotatable bonds is 5. The van der Waals surface area contributed by atoms with Crippen LogP contribution in [0.3, 0.4) is 0 Å². The molecule has 4 rings (SSSR count). The lowest BCUT2D eigenvalue weighted by Crippen LogP contribution is -2.51. The van der Waals surface area contributed by atoms with Gasteiger partial charge in [0.15, 0.2) is 11.9 Å². The average molecular weight is 495 g/mol. The van der Waals surface area contributed by atoms with Crippen molar-refractivity contribution in [3.05, 3.63) is 59.4 Å². The fraction of sp³-hybridized carbons (Fsp3) is 0.320. The number of carbonyl (C=O) groups excluding carboxylic acids is 1. The molecule has 0 aromatic heterocycles. The van der Waals surface area contributed by atoms with Crippen LogP contribution in [0.4, 0.5) is 15.8 Å². The zero-order valence-corrected chi connectivity index (χ0v) is 20.2. The van der Waals surface area contributed by atoms with Gasteiger partial charge in [-0.25, -0.2) is 4.39 Å². The molecule has 36 heavy (non-hydrogen) atoms. The van der Waals surface area contributed by atoms with Crippen LogP contribution >= 0.6 is 0 Å². The third-order valence-electron chi connectivity index (χ3n) is 6.53. The highest BCUT2D eigenvalue weighted by Gasteiger charge is 2.21. The number of carbonyl (C=O) groups is 1. The summed E-state index contributed by atoms with van der Waals surface area (Å²) >= 11 is 0. The summed E-state index contributed by atoms with van der Waals surface area (Å²) < 4.78 is 20.5. The van der Waals surface area contributed by atoms with Crippen molar-refractivity contribution in [3.8, 4) is 5.75 Å². The van der Waals surface area contributed by atoms with Crippen LogP contribution in [0.1, 0.15) is 22.3 Å². The standard InChI is InChI=1S/C25H31FN8O2/c1-36-22-15-18(3-4-19(22)16-6-8-33(9-7-16)24(27)28)31-23(35)17-2-5-21(20(26)14-17)32-10-12-34(13-11-32)25(29)30/h2-6,14-15H,7-13H2,1H3,(H3,27,28)(H3,29,30)(H,31,35). The number of piperazine rings is 1. The summed E-state index contributed by atoms with van der Waals surface area (Å²) in [4.78, 5) is 18.2. The van der Waals surface area contributed by atoms with Gasteiger partial charge in [0.05, 0.1) is 12.8 Å². The van der Waals surface area contributed by atoms with Crippen molar-refractivity contribution in [3.63, 3.8) is 0 Å². The Balaban J connectivity index is 1.44. The van der Waals surface area contributed by atoms with Crippen LogP contribution in [0.2, 0.25) is 0 Å². The highest BCUT2D eigenvalue weighted by molar-refractivity contribution is 6.04. The number of halogens is 1. The molecule has 0 bridgehead atoms. The van der Waals surface area contributed by atoms with Crippen LogP contribution in [0.5, 0.6) is 5.75 Å². The number of benzene rings is 2. The van der Waals surface area contributed by atoms with Crippen LogP contribution < -0.4 is 26.4 Å². The summed E-state index contributed by atoms with van der Waals surface area (Å²) in [6, 6.07) is 9.86. The molecule has 2 heterocycles.